The Kier molecular flexibility index (Phi) is 10.4. The summed E-state index contributed by atoms with van der Waals surface area (Å²) in [6.07, 6.45) is 6.05. The van der Waals surface area contributed by atoms with E-state index in [0.717, 1.165) is 6.08 Å². The van der Waals surface area contributed by atoms with Crippen molar-refractivity contribution in [3.63, 3.8) is 0 Å². The van der Waals surface area contributed by atoms with E-state index in [9.17, 15) is 4.79 Å². The molecule has 9 heavy (non-hydrogen) atoms. The summed E-state index contributed by atoms with van der Waals surface area (Å²) in [5, 5.41) is 0. The molecule has 0 aliphatic rings. The predicted molar refractivity (Wildman–Crippen MR) is 31.9 cm³/mol. The fraction of sp³-hybridized carbons (Fsp3) is 0. The summed E-state index contributed by atoms with van der Waals surface area (Å²) in [5.74, 6) is -0.259. The molecule has 0 aromatic heterocycles. The van der Waals surface area contributed by atoms with Crippen LogP contribution in [0, 0.1) is 12.7 Å². The molecule has 0 atom stereocenters. The van der Waals surface area contributed by atoms with Gasteiger partial charge in [-0.1, -0.05) is 0 Å². The molecule has 0 fully saturated rings. The molecule has 0 N–H and O–H groups in total. The van der Waals surface area contributed by atoms with Crippen LogP contribution in [0.1, 0.15) is 0 Å². The molecule has 0 saturated heterocycles. The van der Waals surface area contributed by atoms with E-state index < -0.39 is 0 Å². The number of ketones is 1. The zero-order valence-corrected chi connectivity index (χ0v) is 7.84. The van der Waals surface area contributed by atoms with Gasteiger partial charge in [0.1, 0.15) is 0 Å². The summed E-state index contributed by atoms with van der Waals surface area (Å²) in [6, 6.07) is 0. The molecule has 0 aromatic rings. The van der Waals surface area contributed by atoms with Crippen molar-refractivity contribution in [2.45, 2.75) is 0 Å². The Labute approximate surface area is 80.4 Å². The standard InChI is InChI=1S/C7H6O.Y/c1-3-5-6-7(8)4-2;/h2-4,6H,1H2;/q-2;. The number of carbonyl (C=O) groups is 1. The van der Waals surface area contributed by atoms with Gasteiger partial charge in [0.25, 0.3) is 0 Å². The van der Waals surface area contributed by atoms with E-state index in [4.69, 9.17) is 6.58 Å². The van der Waals surface area contributed by atoms with Crippen molar-refractivity contribution in [2.24, 2.45) is 0 Å². The number of rotatable bonds is 3. The van der Waals surface area contributed by atoms with Crippen LogP contribution in [-0.4, -0.2) is 5.78 Å². The summed E-state index contributed by atoms with van der Waals surface area (Å²) in [6.45, 7) is 8.15. The average molecular weight is 195 g/mol. The maximum absolute atomic E-state index is 10.2. The minimum Gasteiger partial charge on any atom is -0.367 e. The van der Waals surface area contributed by atoms with Crippen LogP contribution < -0.4 is 0 Å². The van der Waals surface area contributed by atoms with Crippen molar-refractivity contribution >= 4 is 5.78 Å². The molecule has 0 saturated carbocycles. The second-order valence-electron chi connectivity index (χ2n) is 1.08. The van der Waals surface area contributed by atoms with Gasteiger partial charge in [0.2, 0.25) is 0 Å². The summed E-state index contributed by atoms with van der Waals surface area (Å²) in [4.78, 5) is 10.2. The van der Waals surface area contributed by atoms with Crippen LogP contribution in [0.4, 0.5) is 0 Å². The quantitative estimate of drug-likeness (QED) is 0.374. The summed E-state index contributed by atoms with van der Waals surface area (Å²) in [5.41, 5.74) is 0. The number of hydrogen-bond donors (Lipinski definition) is 0. The molecule has 0 heterocycles. The third kappa shape index (κ3) is 7.99. The first-order valence-electron chi connectivity index (χ1n) is 2.10. The van der Waals surface area contributed by atoms with Crippen LogP contribution in [0.25, 0.3) is 0 Å². The van der Waals surface area contributed by atoms with Crippen LogP contribution in [0.15, 0.2) is 24.8 Å². The predicted octanol–water partition coefficient (Wildman–Crippen LogP) is 1.09. The Bertz CT molecular complexity index is 136. The molecule has 0 spiro atoms. The van der Waals surface area contributed by atoms with E-state index in [1.807, 2.05) is 0 Å². The van der Waals surface area contributed by atoms with Crippen LogP contribution in [0.2, 0.25) is 0 Å². The molecular weight excluding hydrogens is 189 g/mol. The van der Waals surface area contributed by atoms with Gasteiger partial charge in [-0.3, -0.25) is 6.58 Å². The molecule has 1 nitrogen and oxygen atoms in total. The second-order valence-corrected chi connectivity index (χ2v) is 1.08. The van der Waals surface area contributed by atoms with Gasteiger partial charge < -0.3 is 4.79 Å². The van der Waals surface area contributed by atoms with Gasteiger partial charge >= 0.3 is 0 Å². The molecule has 0 bridgehead atoms. The Morgan fingerprint density at radius 3 is 2.56 bits per heavy atom. The van der Waals surface area contributed by atoms with Crippen LogP contribution in [0.5, 0.6) is 0 Å². The van der Waals surface area contributed by atoms with Crippen LogP contribution in [0.3, 0.4) is 0 Å². The van der Waals surface area contributed by atoms with Crippen molar-refractivity contribution in [3.8, 4) is 0 Å². The molecule has 0 aliphatic heterocycles. The van der Waals surface area contributed by atoms with Crippen LogP contribution >= 0.6 is 0 Å². The topological polar surface area (TPSA) is 17.1 Å². The second kappa shape index (κ2) is 7.99. The van der Waals surface area contributed by atoms with Gasteiger partial charge in [0, 0.05) is 32.7 Å². The molecule has 0 amide bonds. The van der Waals surface area contributed by atoms with Gasteiger partial charge in [-0.05, 0) is 0 Å². The SMILES string of the molecule is [CH-]=CC(=O)C=[C-]C=C.[Y]. The van der Waals surface area contributed by atoms with E-state index in [1.54, 1.807) is 0 Å². The normalized spacial score (nSPS) is 8.00. The summed E-state index contributed by atoms with van der Waals surface area (Å²) >= 11 is 0. The zero-order valence-electron chi connectivity index (χ0n) is 5.00. The van der Waals surface area contributed by atoms with E-state index in [1.165, 1.54) is 12.2 Å². The van der Waals surface area contributed by atoms with Crippen molar-refractivity contribution in [1.82, 2.24) is 0 Å². The van der Waals surface area contributed by atoms with Gasteiger partial charge in [-0.2, -0.15) is 24.8 Å². The first kappa shape index (κ1) is 11.7. The van der Waals surface area contributed by atoms with E-state index in [-0.39, 0.29) is 38.5 Å². The Balaban J connectivity index is 0. The Morgan fingerprint density at radius 1 is 1.67 bits per heavy atom. The molecule has 45 valence electrons. The van der Waals surface area contributed by atoms with Crippen molar-refractivity contribution in [2.75, 3.05) is 0 Å². The van der Waals surface area contributed by atoms with Crippen molar-refractivity contribution < 1.29 is 37.5 Å². The van der Waals surface area contributed by atoms with Gasteiger partial charge in [0.15, 0.2) is 0 Å². The maximum Gasteiger partial charge on any atom is 0.0574 e. The first-order chi connectivity index (χ1) is 3.81. The first-order valence-corrected chi connectivity index (χ1v) is 2.10. The van der Waals surface area contributed by atoms with E-state index >= 15 is 0 Å². The molecule has 0 aromatic carbocycles. The summed E-state index contributed by atoms with van der Waals surface area (Å²) in [7, 11) is 0. The molecule has 0 rings (SSSR count). The van der Waals surface area contributed by atoms with Gasteiger partial charge in [-0.25, -0.2) is 0 Å². The van der Waals surface area contributed by atoms with E-state index in [0.29, 0.717) is 0 Å². The van der Waals surface area contributed by atoms with Gasteiger partial charge in [0.05, 0.1) is 5.78 Å². The smallest absolute Gasteiger partial charge is 0.0574 e. The van der Waals surface area contributed by atoms with E-state index in [2.05, 4.69) is 12.7 Å². The van der Waals surface area contributed by atoms with Crippen molar-refractivity contribution in [1.29, 1.82) is 0 Å². The largest absolute Gasteiger partial charge is 0.367 e. The number of allylic oxidation sites excluding steroid dienone is 4. The maximum atomic E-state index is 10.2. The molecule has 2 heteroatoms. The summed E-state index contributed by atoms with van der Waals surface area (Å²) < 4.78 is 0. The monoisotopic (exact) mass is 195 g/mol. The molecule has 0 aliphatic carbocycles. The average Bonchev–Trinajstić information content (AvgIpc) is 1.83. The fourth-order valence-electron chi connectivity index (χ4n) is 0.189. The molecule has 1 radical (unpaired) electrons. The fourth-order valence-corrected chi connectivity index (χ4v) is 0.189. The minimum atomic E-state index is -0.259. The Hall–Kier alpha value is -0.00610. The third-order valence-electron chi connectivity index (χ3n) is 0.508. The molecule has 0 unspecified atom stereocenters. The number of hydrogen-bond acceptors (Lipinski definition) is 1. The zero-order chi connectivity index (χ0) is 6.41. The van der Waals surface area contributed by atoms with Gasteiger partial charge in [-0.15, -0.1) is 6.08 Å². The number of carbonyl (C=O) groups excluding carboxylic acids is 1. The third-order valence-corrected chi connectivity index (χ3v) is 0.508. The Morgan fingerprint density at radius 2 is 2.22 bits per heavy atom. The van der Waals surface area contributed by atoms with Crippen LogP contribution in [-0.2, 0) is 37.5 Å². The molecular formula is C7H6OY-2. The minimum absolute atomic E-state index is 0. The van der Waals surface area contributed by atoms with Crippen molar-refractivity contribution in [3.05, 3.63) is 37.5 Å².